The van der Waals surface area contributed by atoms with Crippen molar-refractivity contribution in [2.45, 2.75) is 0 Å². The topological polar surface area (TPSA) is 77.6 Å². The predicted octanol–water partition coefficient (Wildman–Crippen LogP) is 3.64. The zero-order chi connectivity index (χ0) is 18.1. The molecule has 1 aromatic carbocycles. The highest BCUT2D eigenvalue weighted by molar-refractivity contribution is 7.13. The van der Waals surface area contributed by atoms with Gasteiger partial charge in [-0.05, 0) is 18.2 Å². The number of rotatable bonds is 4. The van der Waals surface area contributed by atoms with Crippen LogP contribution >= 0.6 is 22.9 Å². The normalized spacial score (nSPS) is 10.8. The number of halogens is 1. The Labute approximate surface area is 157 Å². The van der Waals surface area contributed by atoms with Crippen molar-refractivity contribution in [3.63, 3.8) is 0 Å². The van der Waals surface area contributed by atoms with Crippen molar-refractivity contribution in [3.05, 3.63) is 65.4 Å². The fraction of sp³-hybridized carbons (Fsp3) is 0.0588. The van der Waals surface area contributed by atoms with E-state index in [4.69, 9.17) is 11.6 Å². The van der Waals surface area contributed by atoms with Crippen molar-refractivity contribution in [3.8, 4) is 16.3 Å². The fourth-order valence-corrected chi connectivity index (χ4v) is 3.49. The second-order valence-electron chi connectivity index (χ2n) is 5.53. The molecular weight excluding hydrogens is 372 g/mol. The van der Waals surface area contributed by atoms with Crippen molar-refractivity contribution in [2.24, 2.45) is 7.05 Å². The summed E-state index contributed by atoms with van der Waals surface area (Å²) in [5.41, 5.74) is 2.61. The summed E-state index contributed by atoms with van der Waals surface area (Å²) < 4.78 is 3.49. The van der Waals surface area contributed by atoms with Crippen LogP contribution in [0.5, 0.6) is 0 Å². The molecular formula is C17H13ClN6OS. The number of benzene rings is 1. The summed E-state index contributed by atoms with van der Waals surface area (Å²) in [6.07, 6.45) is 8.71. The zero-order valence-corrected chi connectivity index (χ0v) is 15.2. The molecule has 0 spiro atoms. The summed E-state index contributed by atoms with van der Waals surface area (Å²) in [5, 5.41) is 9.91. The number of nitrogens with zero attached hydrogens (tertiary/aromatic N) is 5. The van der Waals surface area contributed by atoms with Gasteiger partial charge in [-0.25, -0.2) is 9.97 Å². The Morgan fingerprint density at radius 2 is 2.23 bits per heavy atom. The highest BCUT2D eigenvalue weighted by Crippen LogP contribution is 2.26. The quantitative estimate of drug-likeness (QED) is 0.582. The highest BCUT2D eigenvalue weighted by Gasteiger charge is 2.14. The molecule has 0 aliphatic heterocycles. The Hall–Kier alpha value is -2.97. The second kappa shape index (κ2) is 6.74. The first-order valence-electron chi connectivity index (χ1n) is 7.64. The van der Waals surface area contributed by atoms with Gasteiger partial charge in [0.25, 0.3) is 5.91 Å². The molecule has 4 rings (SSSR count). The lowest BCUT2D eigenvalue weighted by atomic mass is 10.2. The van der Waals surface area contributed by atoms with Gasteiger partial charge >= 0.3 is 0 Å². The Bertz CT molecular complexity index is 1070. The number of amides is 1. The van der Waals surface area contributed by atoms with E-state index in [1.807, 2.05) is 19.3 Å². The Morgan fingerprint density at radius 3 is 2.92 bits per heavy atom. The van der Waals surface area contributed by atoms with Crippen LogP contribution in [-0.2, 0) is 7.05 Å². The van der Waals surface area contributed by atoms with Gasteiger partial charge in [0.1, 0.15) is 10.7 Å². The molecule has 130 valence electrons. The van der Waals surface area contributed by atoms with Crippen molar-refractivity contribution in [2.75, 3.05) is 5.32 Å². The van der Waals surface area contributed by atoms with E-state index in [2.05, 4.69) is 20.4 Å². The first-order chi connectivity index (χ1) is 12.6. The van der Waals surface area contributed by atoms with Gasteiger partial charge in [-0.3, -0.25) is 9.48 Å². The largest absolute Gasteiger partial charge is 0.321 e. The summed E-state index contributed by atoms with van der Waals surface area (Å²) in [4.78, 5) is 20.8. The summed E-state index contributed by atoms with van der Waals surface area (Å²) in [6, 6.07) is 5.30. The molecule has 0 aliphatic carbocycles. The van der Waals surface area contributed by atoms with Gasteiger partial charge in [0.2, 0.25) is 0 Å². The standard InChI is InChI=1S/C17H13ClN6OS/c1-23-8-11(7-20-23)17-22-14(9-26-17)16(25)21-12-2-3-15(13(18)6-12)24-5-4-19-10-24/h2-10H,1H3,(H,21,25). The van der Waals surface area contributed by atoms with Crippen molar-refractivity contribution in [1.82, 2.24) is 24.3 Å². The number of nitrogens with one attached hydrogen (secondary N) is 1. The lowest BCUT2D eigenvalue weighted by Crippen LogP contribution is -2.12. The number of hydrogen-bond donors (Lipinski definition) is 1. The first kappa shape index (κ1) is 16.5. The van der Waals surface area contributed by atoms with Gasteiger partial charge in [-0.15, -0.1) is 11.3 Å². The zero-order valence-electron chi connectivity index (χ0n) is 13.6. The van der Waals surface area contributed by atoms with Gasteiger partial charge in [0.15, 0.2) is 0 Å². The second-order valence-corrected chi connectivity index (χ2v) is 6.80. The Morgan fingerprint density at radius 1 is 1.35 bits per heavy atom. The van der Waals surface area contributed by atoms with Crippen LogP contribution in [0.1, 0.15) is 10.5 Å². The van der Waals surface area contributed by atoms with Gasteiger partial charge in [-0.2, -0.15) is 5.10 Å². The summed E-state index contributed by atoms with van der Waals surface area (Å²) in [5.74, 6) is -0.289. The van der Waals surface area contributed by atoms with E-state index in [9.17, 15) is 4.79 Å². The lowest BCUT2D eigenvalue weighted by Gasteiger charge is -2.08. The number of thiazole rings is 1. The number of anilines is 1. The van der Waals surface area contributed by atoms with Crippen LogP contribution in [-0.4, -0.2) is 30.2 Å². The molecule has 0 radical (unpaired) electrons. The summed E-state index contributed by atoms with van der Waals surface area (Å²) in [6.45, 7) is 0. The molecule has 3 aromatic heterocycles. The molecule has 0 saturated heterocycles. The molecule has 1 N–H and O–H groups in total. The minimum Gasteiger partial charge on any atom is -0.321 e. The van der Waals surface area contributed by atoms with Crippen LogP contribution in [0, 0.1) is 0 Å². The average molecular weight is 385 g/mol. The maximum absolute atomic E-state index is 12.4. The highest BCUT2D eigenvalue weighted by atomic mass is 35.5. The Balaban J connectivity index is 1.52. The predicted molar refractivity (Wildman–Crippen MR) is 101 cm³/mol. The lowest BCUT2D eigenvalue weighted by molar-refractivity contribution is 0.102. The number of aryl methyl sites for hydroxylation is 1. The van der Waals surface area contributed by atoms with Crippen molar-refractivity contribution >= 4 is 34.5 Å². The van der Waals surface area contributed by atoms with E-state index in [1.165, 1.54) is 11.3 Å². The van der Waals surface area contributed by atoms with Crippen molar-refractivity contribution in [1.29, 1.82) is 0 Å². The minimum atomic E-state index is -0.289. The van der Waals surface area contributed by atoms with Crippen LogP contribution in [0.4, 0.5) is 5.69 Å². The molecule has 9 heteroatoms. The van der Waals surface area contributed by atoms with Gasteiger partial charge < -0.3 is 9.88 Å². The van der Waals surface area contributed by atoms with E-state index < -0.39 is 0 Å². The van der Waals surface area contributed by atoms with Crippen LogP contribution in [0.3, 0.4) is 0 Å². The third-order valence-corrected chi connectivity index (χ3v) is 4.87. The van der Waals surface area contributed by atoms with Crippen LogP contribution in [0.25, 0.3) is 16.3 Å². The molecule has 0 unspecified atom stereocenters. The van der Waals surface area contributed by atoms with E-state index in [0.717, 1.165) is 16.3 Å². The number of aromatic nitrogens is 5. The molecule has 4 aromatic rings. The number of imidazole rings is 1. The van der Waals surface area contributed by atoms with Gasteiger partial charge in [-0.1, -0.05) is 11.6 Å². The van der Waals surface area contributed by atoms with Crippen LogP contribution in [0.2, 0.25) is 5.02 Å². The number of carbonyl (C=O) groups excluding carboxylic acids is 1. The Kier molecular flexibility index (Phi) is 4.27. The molecule has 0 atom stereocenters. The van der Waals surface area contributed by atoms with Gasteiger partial charge in [0.05, 0.1) is 23.2 Å². The molecule has 0 fully saturated rings. The summed E-state index contributed by atoms with van der Waals surface area (Å²) in [7, 11) is 1.84. The monoisotopic (exact) mass is 384 g/mol. The molecule has 26 heavy (non-hydrogen) atoms. The first-order valence-corrected chi connectivity index (χ1v) is 8.90. The molecule has 7 nitrogen and oxygen atoms in total. The van der Waals surface area contributed by atoms with Crippen LogP contribution in [0.15, 0.2) is 54.7 Å². The molecule has 1 amide bonds. The third kappa shape index (κ3) is 3.24. The average Bonchev–Trinajstić information content (AvgIpc) is 3.36. The van der Waals surface area contributed by atoms with E-state index in [-0.39, 0.29) is 5.91 Å². The molecule has 0 bridgehead atoms. The minimum absolute atomic E-state index is 0.289. The number of carbonyl (C=O) groups is 1. The smallest absolute Gasteiger partial charge is 0.275 e. The van der Waals surface area contributed by atoms with Gasteiger partial charge in [0, 0.05) is 42.3 Å². The maximum Gasteiger partial charge on any atom is 0.275 e. The van der Waals surface area contributed by atoms with Crippen molar-refractivity contribution < 1.29 is 4.79 Å². The van der Waals surface area contributed by atoms with Crippen LogP contribution < -0.4 is 5.32 Å². The number of hydrogen-bond acceptors (Lipinski definition) is 5. The molecule has 0 aliphatic rings. The molecule has 3 heterocycles. The van der Waals surface area contributed by atoms with E-state index in [1.54, 1.807) is 51.7 Å². The fourth-order valence-electron chi connectivity index (χ4n) is 2.43. The third-order valence-electron chi connectivity index (χ3n) is 3.68. The summed E-state index contributed by atoms with van der Waals surface area (Å²) >= 11 is 7.71. The maximum atomic E-state index is 12.4. The molecule has 0 saturated carbocycles. The van der Waals surface area contributed by atoms with E-state index >= 15 is 0 Å². The SMILES string of the molecule is Cn1cc(-c2nc(C(=O)Nc3ccc(-n4ccnc4)c(Cl)c3)cs2)cn1. The van der Waals surface area contributed by atoms with E-state index in [0.29, 0.717) is 16.4 Å².